The van der Waals surface area contributed by atoms with E-state index >= 15 is 0 Å². The first-order valence-corrected chi connectivity index (χ1v) is 6.21. The predicted octanol–water partition coefficient (Wildman–Crippen LogP) is 4.12. The predicted molar refractivity (Wildman–Crippen MR) is 70.7 cm³/mol. The van der Waals surface area contributed by atoms with Gasteiger partial charge in [0.15, 0.2) is 0 Å². The Hall–Kier alpha value is -1.81. The average Bonchev–Trinajstić information content (AvgIpc) is 2.41. The van der Waals surface area contributed by atoms with Crippen LogP contribution in [0.15, 0.2) is 42.5 Å². The van der Waals surface area contributed by atoms with Crippen LogP contribution in [-0.2, 0) is 5.41 Å². The van der Waals surface area contributed by atoms with Crippen molar-refractivity contribution in [1.29, 1.82) is 0 Å². The van der Waals surface area contributed by atoms with Gasteiger partial charge in [-0.25, -0.2) is 13.2 Å². The van der Waals surface area contributed by atoms with E-state index in [2.05, 4.69) is 0 Å². The van der Waals surface area contributed by atoms with E-state index in [0.717, 1.165) is 18.2 Å². The monoisotopic (exact) mass is 280 g/mol. The van der Waals surface area contributed by atoms with E-state index in [4.69, 9.17) is 0 Å². The maximum atomic E-state index is 13.7. The lowest BCUT2D eigenvalue weighted by molar-refractivity contribution is 0.0962. The molecule has 0 saturated heterocycles. The second kappa shape index (κ2) is 5.29. The molecule has 0 fully saturated rings. The van der Waals surface area contributed by atoms with Crippen molar-refractivity contribution in [3.05, 3.63) is 71.0 Å². The number of hydrogen-bond donors (Lipinski definition) is 1. The van der Waals surface area contributed by atoms with Crippen molar-refractivity contribution < 1.29 is 18.3 Å². The second-order valence-corrected chi connectivity index (χ2v) is 5.30. The molecule has 106 valence electrons. The summed E-state index contributed by atoms with van der Waals surface area (Å²) < 4.78 is 39.9. The third-order valence-electron chi connectivity index (χ3n) is 3.52. The molecule has 1 nitrogen and oxygen atoms in total. The number of halogens is 3. The summed E-state index contributed by atoms with van der Waals surface area (Å²) in [6, 6.07) is 8.54. The molecular formula is C16H15F3O. The highest BCUT2D eigenvalue weighted by molar-refractivity contribution is 5.31. The Labute approximate surface area is 115 Å². The Bertz CT molecular complexity index is 606. The van der Waals surface area contributed by atoms with E-state index < -0.39 is 29.0 Å². The minimum Gasteiger partial charge on any atom is -0.387 e. The Morgan fingerprint density at radius 3 is 2.05 bits per heavy atom. The van der Waals surface area contributed by atoms with Gasteiger partial charge in [-0.1, -0.05) is 26.0 Å². The highest BCUT2D eigenvalue weighted by Crippen LogP contribution is 2.37. The number of rotatable bonds is 3. The Balaban J connectivity index is 2.42. The largest absolute Gasteiger partial charge is 0.387 e. The summed E-state index contributed by atoms with van der Waals surface area (Å²) in [5.41, 5.74) is -0.364. The first kappa shape index (κ1) is 14.6. The minimum atomic E-state index is -1.25. The van der Waals surface area contributed by atoms with Crippen LogP contribution >= 0.6 is 0 Å². The molecule has 0 radical (unpaired) electrons. The molecule has 1 atom stereocenters. The zero-order chi connectivity index (χ0) is 14.9. The molecule has 0 heterocycles. The first-order valence-electron chi connectivity index (χ1n) is 6.21. The van der Waals surface area contributed by atoms with Gasteiger partial charge in [0.1, 0.15) is 17.5 Å². The molecule has 2 aromatic rings. The van der Waals surface area contributed by atoms with Gasteiger partial charge in [0.2, 0.25) is 0 Å². The molecule has 2 rings (SSSR count). The van der Waals surface area contributed by atoms with Crippen LogP contribution in [0.2, 0.25) is 0 Å². The molecule has 0 saturated carbocycles. The van der Waals surface area contributed by atoms with Gasteiger partial charge in [0.25, 0.3) is 0 Å². The molecule has 1 N–H and O–H groups in total. The van der Waals surface area contributed by atoms with Crippen molar-refractivity contribution in [2.24, 2.45) is 0 Å². The lowest BCUT2D eigenvalue weighted by Gasteiger charge is -2.31. The van der Waals surface area contributed by atoms with Gasteiger partial charge in [-0.05, 0) is 35.9 Å². The van der Waals surface area contributed by atoms with Gasteiger partial charge in [-0.2, -0.15) is 0 Å². The zero-order valence-corrected chi connectivity index (χ0v) is 11.2. The topological polar surface area (TPSA) is 20.2 Å². The molecule has 20 heavy (non-hydrogen) atoms. The van der Waals surface area contributed by atoms with Crippen LogP contribution in [0.4, 0.5) is 13.2 Å². The van der Waals surface area contributed by atoms with Gasteiger partial charge >= 0.3 is 0 Å². The molecular weight excluding hydrogens is 265 g/mol. The fraction of sp³-hybridized carbons (Fsp3) is 0.250. The minimum absolute atomic E-state index is 0.112. The van der Waals surface area contributed by atoms with Gasteiger partial charge in [-0.3, -0.25) is 0 Å². The molecule has 0 aliphatic carbocycles. The van der Waals surface area contributed by atoms with E-state index in [1.165, 1.54) is 24.3 Å². The Morgan fingerprint density at radius 1 is 0.900 bits per heavy atom. The molecule has 0 amide bonds. The number of aliphatic hydroxyl groups is 1. The fourth-order valence-electron chi connectivity index (χ4n) is 2.15. The van der Waals surface area contributed by atoms with Crippen LogP contribution in [0.1, 0.15) is 31.1 Å². The summed E-state index contributed by atoms with van der Waals surface area (Å²) in [4.78, 5) is 0. The van der Waals surface area contributed by atoms with Crippen LogP contribution in [0.25, 0.3) is 0 Å². The lowest BCUT2D eigenvalue weighted by atomic mass is 9.76. The summed E-state index contributed by atoms with van der Waals surface area (Å²) in [5, 5.41) is 10.4. The van der Waals surface area contributed by atoms with Crippen molar-refractivity contribution in [2.75, 3.05) is 0 Å². The Morgan fingerprint density at radius 2 is 1.45 bits per heavy atom. The van der Waals surface area contributed by atoms with Gasteiger partial charge < -0.3 is 5.11 Å². The van der Waals surface area contributed by atoms with Crippen LogP contribution in [0.3, 0.4) is 0 Å². The molecule has 1 unspecified atom stereocenters. The third kappa shape index (κ3) is 2.70. The van der Waals surface area contributed by atoms with E-state index in [-0.39, 0.29) is 5.56 Å². The summed E-state index contributed by atoms with van der Waals surface area (Å²) in [7, 11) is 0. The second-order valence-electron chi connectivity index (χ2n) is 5.30. The summed E-state index contributed by atoms with van der Waals surface area (Å²) in [6.07, 6.45) is -1.25. The average molecular weight is 280 g/mol. The zero-order valence-electron chi connectivity index (χ0n) is 11.2. The molecule has 4 heteroatoms. The van der Waals surface area contributed by atoms with Crippen LogP contribution in [0, 0.1) is 17.5 Å². The quantitative estimate of drug-likeness (QED) is 0.897. The van der Waals surface area contributed by atoms with Gasteiger partial charge in [-0.15, -0.1) is 0 Å². The highest BCUT2D eigenvalue weighted by Gasteiger charge is 2.33. The fourth-order valence-corrected chi connectivity index (χ4v) is 2.15. The summed E-state index contributed by atoms with van der Waals surface area (Å²) in [6.45, 7) is 3.38. The number of hydrogen-bond acceptors (Lipinski definition) is 1. The molecule has 0 bridgehead atoms. The molecule has 0 aromatic heterocycles. The maximum absolute atomic E-state index is 13.7. The summed E-state index contributed by atoms with van der Waals surface area (Å²) >= 11 is 0. The Kier molecular flexibility index (Phi) is 3.86. The molecule has 0 spiro atoms. The first-order chi connectivity index (χ1) is 9.32. The smallest absolute Gasteiger partial charge is 0.129 e. The van der Waals surface area contributed by atoms with Crippen LogP contribution in [-0.4, -0.2) is 5.11 Å². The van der Waals surface area contributed by atoms with Crippen LogP contribution < -0.4 is 0 Å². The van der Waals surface area contributed by atoms with Crippen molar-refractivity contribution in [3.8, 4) is 0 Å². The van der Waals surface area contributed by atoms with E-state index in [1.54, 1.807) is 13.8 Å². The maximum Gasteiger partial charge on any atom is 0.129 e. The highest BCUT2D eigenvalue weighted by atomic mass is 19.1. The van der Waals surface area contributed by atoms with E-state index in [0.29, 0.717) is 5.56 Å². The molecule has 0 aliphatic rings. The van der Waals surface area contributed by atoms with E-state index in [9.17, 15) is 18.3 Å². The number of aliphatic hydroxyl groups excluding tert-OH is 1. The lowest BCUT2D eigenvalue weighted by Crippen LogP contribution is -2.27. The molecule has 2 aromatic carbocycles. The normalized spacial score (nSPS) is 13.3. The number of benzene rings is 2. The van der Waals surface area contributed by atoms with E-state index in [1.807, 2.05) is 0 Å². The van der Waals surface area contributed by atoms with Crippen molar-refractivity contribution in [1.82, 2.24) is 0 Å². The van der Waals surface area contributed by atoms with Gasteiger partial charge in [0.05, 0.1) is 6.10 Å². The SMILES string of the molecule is CC(C)(c1ccc(F)cc1)C(O)c1cc(F)ccc1F. The van der Waals surface area contributed by atoms with Crippen molar-refractivity contribution >= 4 is 0 Å². The standard InChI is InChI=1S/C16H15F3O/c1-16(2,10-3-5-11(17)6-4-10)15(20)13-9-12(18)7-8-14(13)19/h3-9,15,20H,1-2H3. The van der Waals surface area contributed by atoms with Gasteiger partial charge in [0, 0.05) is 11.0 Å². The summed E-state index contributed by atoms with van der Waals surface area (Å²) in [5.74, 6) is -1.68. The third-order valence-corrected chi connectivity index (χ3v) is 3.52. The van der Waals surface area contributed by atoms with Crippen molar-refractivity contribution in [3.63, 3.8) is 0 Å². The van der Waals surface area contributed by atoms with Crippen LogP contribution in [0.5, 0.6) is 0 Å². The molecule has 0 aliphatic heterocycles. The van der Waals surface area contributed by atoms with Crippen molar-refractivity contribution in [2.45, 2.75) is 25.4 Å².